The van der Waals surface area contributed by atoms with Gasteiger partial charge in [0.05, 0.1) is 0 Å². The van der Waals surface area contributed by atoms with Crippen molar-refractivity contribution in [2.24, 2.45) is 11.1 Å². The van der Waals surface area contributed by atoms with Crippen LogP contribution in [0.1, 0.15) is 19.8 Å². The molecule has 0 saturated carbocycles. The molecular weight excluding hydrogens is 134 g/mol. The van der Waals surface area contributed by atoms with Gasteiger partial charge in [-0.2, -0.15) is 0 Å². The SMILES string of the molecule is CC1(CN)CC=CC1.Cl. The Morgan fingerprint density at radius 1 is 1.44 bits per heavy atom. The zero-order valence-corrected chi connectivity index (χ0v) is 6.58. The van der Waals surface area contributed by atoms with Crippen LogP contribution in [0.25, 0.3) is 0 Å². The van der Waals surface area contributed by atoms with Gasteiger partial charge in [0.25, 0.3) is 0 Å². The Bertz CT molecular complexity index is 101. The van der Waals surface area contributed by atoms with E-state index >= 15 is 0 Å². The minimum Gasteiger partial charge on any atom is -0.330 e. The molecule has 0 amide bonds. The van der Waals surface area contributed by atoms with Gasteiger partial charge < -0.3 is 5.73 Å². The van der Waals surface area contributed by atoms with Crippen LogP contribution in [-0.4, -0.2) is 6.54 Å². The van der Waals surface area contributed by atoms with E-state index in [1.165, 1.54) is 12.8 Å². The van der Waals surface area contributed by atoms with Crippen LogP contribution in [0.4, 0.5) is 0 Å². The zero-order valence-electron chi connectivity index (χ0n) is 5.76. The molecule has 2 N–H and O–H groups in total. The molecule has 0 aromatic heterocycles. The molecule has 0 heterocycles. The molecule has 1 nitrogen and oxygen atoms in total. The lowest BCUT2D eigenvalue weighted by Gasteiger charge is -2.19. The van der Waals surface area contributed by atoms with Gasteiger partial charge in [0.2, 0.25) is 0 Å². The van der Waals surface area contributed by atoms with Gasteiger partial charge in [-0.25, -0.2) is 0 Å². The molecule has 9 heavy (non-hydrogen) atoms. The van der Waals surface area contributed by atoms with Crippen molar-refractivity contribution in [2.45, 2.75) is 19.8 Å². The van der Waals surface area contributed by atoms with Gasteiger partial charge in [-0.05, 0) is 24.8 Å². The highest BCUT2D eigenvalue weighted by atomic mass is 35.5. The van der Waals surface area contributed by atoms with Crippen molar-refractivity contribution in [1.82, 2.24) is 0 Å². The Morgan fingerprint density at radius 3 is 2.11 bits per heavy atom. The Kier molecular flexibility index (Phi) is 3.23. The molecule has 1 aliphatic rings. The van der Waals surface area contributed by atoms with Gasteiger partial charge >= 0.3 is 0 Å². The van der Waals surface area contributed by atoms with Crippen molar-refractivity contribution in [1.29, 1.82) is 0 Å². The fourth-order valence-corrected chi connectivity index (χ4v) is 0.986. The molecule has 2 heteroatoms. The van der Waals surface area contributed by atoms with Gasteiger partial charge in [0.1, 0.15) is 0 Å². The van der Waals surface area contributed by atoms with Crippen LogP contribution in [0.15, 0.2) is 12.2 Å². The molecule has 0 aliphatic heterocycles. The van der Waals surface area contributed by atoms with Gasteiger partial charge in [0.15, 0.2) is 0 Å². The lowest BCUT2D eigenvalue weighted by atomic mass is 9.88. The highest BCUT2D eigenvalue weighted by molar-refractivity contribution is 5.85. The molecule has 0 fully saturated rings. The largest absolute Gasteiger partial charge is 0.330 e. The van der Waals surface area contributed by atoms with E-state index in [9.17, 15) is 0 Å². The van der Waals surface area contributed by atoms with E-state index in [0.717, 1.165) is 6.54 Å². The summed E-state index contributed by atoms with van der Waals surface area (Å²) in [6.45, 7) is 3.05. The molecule has 0 spiro atoms. The lowest BCUT2D eigenvalue weighted by Crippen LogP contribution is -2.23. The standard InChI is InChI=1S/C7H13N.ClH/c1-7(6-8)4-2-3-5-7;/h2-3H,4-6,8H2,1H3;1H. The van der Waals surface area contributed by atoms with E-state index in [0.29, 0.717) is 5.41 Å². The number of nitrogens with two attached hydrogens (primary N) is 1. The summed E-state index contributed by atoms with van der Waals surface area (Å²) >= 11 is 0. The zero-order chi connectivity index (χ0) is 6.04. The van der Waals surface area contributed by atoms with Crippen LogP contribution in [0.3, 0.4) is 0 Å². The fraction of sp³-hybridized carbons (Fsp3) is 0.714. The monoisotopic (exact) mass is 147 g/mol. The molecule has 0 atom stereocenters. The third kappa shape index (κ3) is 1.99. The highest BCUT2D eigenvalue weighted by Gasteiger charge is 2.22. The van der Waals surface area contributed by atoms with E-state index in [1.54, 1.807) is 0 Å². The first-order chi connectivity index (χ1) is 3.77. The maximum atomic E-state index is 5.53. The summed E-state index contributed by atoms with van der Waals surface area (Å²) in [6.07, 6.45) is 6.77. The number of halogens is 1. The second-order valence-electron chi connectivity index (χ2n) is 2.89. The van der Waals surface area contributed by atoms with E-state index in [1.807, 2.05) is 0 Å². The second-order valence-corrected chi connectivity index (χ2v) is 2.89. The van der Waals surface area contributed by atoms with E-state index in [2.05, 4.69) is 19.1 Å². The number of rotatable bonds is 1. The Balaban J connectivity index is 0.000000640. The predicted octanol–water partition coefficient (Wildman–Crippen LogP) is 1.72. The van der Waals surface area contributed by atoms with E-state index in [-0.39, 0.29) is 12.4 Å². The summed E-state index contributed by atoms with van der Waals surface area (Å²) in [5, 5.41) is 0. The van der Waals surface area contributed by atoms with Gasteiger partial charge in [-0.15, -0.1) is 12.4 Å². The molecule has 0 aromatic rings. The number of hydrogen-bond acceptors (Lipinski definition) is 1. The highest BCUT2D eigenvalue weighted by Crippen LogP contribution is 2.30. The first-order valence-electron chi connectivity index (χ1n) is 3.12. The first-order valence-corrected chi connectivity index (χ1v) is 3.12. The van der Waals surface area contributed by atoms with Crippen LogP contribution >= 0.6 is 12.4 Å². The smallest absolute Gasteiger partial charge is 0.00172 e. The van der Waals surface area contributed by atoms with Crippen molar-refractivity contribution < 1.29 is 0 Å². The second kappa shape index (κ2) is 3.23. The third-order valence-corrected chi connectivity index (χ3v) is 1.88. The number of hydrogen-bond donors (Lipinski definition) is 1. The minimum atomic E-state index is 0. The Labute approximate surface area is 62.7 Å². The Hall–Kier alpha value is -0.0100. The fourth-order valence-electron chi connectivity index (χ4n) is 0.986. The van der Waals surface area contributed by atoms with Crippen molar-refractivity contribution in [2.75, 3.05) is 6.54 Å². The minimum absolute atomic E-state index is 0. The van der Waals surface area contributed by atoms with Gasteiger partial charge in [0, 0.05) is 0 Å². The summed E-state index contributed by atoms with van der Waals surface area (Å²) < 4.78 is 0. The van der Waals surface area contributed by atoms with Crippen LogP contribution in [0.2, 0.25) is 0 Å². The van der Waals surface area contributed by atoms with E-state index in [4.69, 9.17) is 5.73 Å². The van der Waals surface area contributed by atoms with Crippen molar-refractivity contribution in [3.8, 4) is 0 Å². The molecular formula is C7H14ClN. The molecule has 0 bridgehead atoms. The summed E-state index contributed by atoms with van der Waals surface area (Å²) in [4.78, 5) is 0. The predicted molar refractivity (Wildman–Crippen MR) is 42.8 cm³/mol. The van der Waals surface area contributed by atoms with Crippen LogP contribution in [0, 0.1) is 5.41 Å². The molecule has 1 rings (SSSR count). The maximum absolute atomic E-state index is 5.53. The average Bonchev–Trinajstić information content (AvgIpc) is 2.17. The molecule has 54 valence electrons. The van der Waals surface area contributed by atoms with Crippen molar-refractivity contribution in [3.63, 3.8) is 0 Å². The van der Waals surface area contributed by atoms with Crippen LogP contribution < -0.4 is 5.73 Å². The van der Waals surface area contributed by atoms with Crippen molar-refractivity contribution >= 4 is 12.4 Å². The summed E-state index contributed by atoms with van der Waals surface area (Å²) in [5.74, 6) is 0. The summed E-state index contributed by atoms with van der Waals surface area (Å²) in [5.41, 5.74) is 5.93. The topological polar surface area (TPSA) is 26.0 Å². The first kappa shape index (κ1) is 8.99. The lowest BCUT2D eigenvalue weighted by molar-refractivity contribution is 0.365. The normalized spacial score (nSPS) is 21.6. The molecule has 0 unspecified atom stereocenters. The molecule has 0 aromatic carbocycles. The number of allylic oxidation sites excluding steroid dienone is 2. The van der Waals surface area contributed by atoms with Gasteiger partial charge in [-0.3, -0.25) is 0 Å². The quantitative estimate of drug-likeness (QED) is 0.562. The molecule has 0 radical (unpaired) electrons. The van der Waals surface area contributed by atoms with Crippen LogP contribution in [0.5, 0.6) is 0 Å². The molecule has 1 aliphatic carbocycles. The third-order valence-electron chi connectivity index (χ3n) is 1.88. The van der Waals surface area contributed by atoms with E-state index < -0.39 is 0 Å². The Morgan fingerprint density at radius 2 is 1.89 bits per heavy atom. The summed E-state index contributed by atoms with van der Waals surface area (Å²) in [7, 11) is 0. The average molecular weight is 148 g/mol. The maximum Gasteiger partial charge on any atom is -0.00172 e. The van der Waals surface area contributed by atoms with Crippen LogP contribution in [-0.2, 0) is 0 Å². The van der Waals surface area contributed by atoms with Gasteiger partial charge in [-0.1, -0.05) is 19.1 Å². The van der Waals surface area contributed by atoms with Crippen molar-refractivity contribution in [3.05, 3.63) is 12.2 Å². The molecule has 0 saturated heterocycles. The summed E-state index contributed by atoms with van der Waals surface area (Å²) in [6, 6.07) is 0.